The molecular formula is C20H29N3O2. The minimum atomic E-state index is -0.0351. The molecule has 0 bridgehead atoms. The van der Waals surface area contributed by atoms with Gasteiger partial charge < -0.3 is 15.4 Å². The van der Waals surface area contributed by atoms with Crippen LogP contribution in [0, 0.1) is 5.92 Å². The number of carbonyl (C=O) groups excluding carboxylic acids is 1. The van der Waals surface area contributed by atoms with E-state index in [0.29, 0.717) is 24.6 Å². The Labute approximate surface area is 150 Å². The fourth-order valence-electron chi connectivity index (χ4n) is 3.70. The van der Waals surface area contributed by atoms with E-state index in [2.05, 4.69) is 46.0 Å². The summed E-state index contributed by atoms with van der Waals surface area (Å²) in [5, 5.41) is 7.07. The highest BCUT2D eigenvalue weighted by atomic mass is 16.5. The van der Waals surface area contributed by atoms with Crippen LogP contribution >= 0.6 is 0 Å². The molecule has 2 unspecified atom stereocenters. The number of rotatable bonds is 5. The number of guanidine groups is 1. The molecule has 2 fully saturated rings. The molecule has 3 rings (SSSR count). The standard InChI is InChI=1S/C20H29N3O2/c1-3-25-19(24)15-9-11-16(12-10-15)22-20(21-2)23-18-13-17(18)14-7-5-4-6-8-14/h4-8,15-18H,3,9-13H2,1-2H3,(H2,21,22,23). The van der Waals surface area contributed by atoms with Gasteiger partial charge in [0.2, 0.25) is 0 Å². The van der Waals surface area contributed by atoms with Crippen molar-refractivity contribution >= 4 is 11.9 Å². The van der Waals surface area contributed by atoms with Crippen LogP contribution in [0.15, 0.2) is 35.3 Å². The minimum Gasteiger partial charge on any atom is -0.466 e. The van der Waals surface area contributed by atoms with E-state index in [1.54, 1.807) is 0 Å². The Morgan fingerprint density at radius 2 is 1.88 bits per heavy atom. The number of esters is 1. The van der Waals surface area contributed by atoms with Crippen molar-refractivity contribution < 1.29 is 9.53 Å². The van der Waals surface area contributed by atoms with Crippen LogP contribution in [-0.2, 0) is 9.53 Å². The van der Waals surface area contributed by atoms with E-state index in [4.69, 9.17) is 4.74 Å². The van der Waals surface area contributed by atoms with Gasteiger partial charge in [-0.15, -0.1) is 0 Å². The Hall–Kier alpha value is -2.04. The number of ether oxygens (including phenoxy) is 1. The Kier molecular flexibility index (Phi) is 5.95. The van der Waals surface area contributed by atoms with Crippen LogP contribution in [0.25, 0.3) is 0 Å². The molecular weight excluding hydrogens is 314 g/mol. The van der Waals surface area contributed by atoms with Crippen molar-refractivity contribution in [1.29, 1.82) is 0 Å². The van der Waals surface area contributed by atoms with Crippen LogP contribution in [0.4, 0.5) is 0 Å². The summed E-state index contributed by atoms with van der Waals surface area (Å²) < 4.78 is 5.14. The number of aliphatic imine (C=N–C) groups is 1. The van der Waals surface area contributed by atoms with Gasteiger partial charge in [0, 0.05) is 25.0 Å². The first kappa shape index (κ1) is 17.8. The Bertz CT molecular complexity index is 594. The minimum absolute atomic E-state index is 0.0351. The summed E-state index contributed by atoms with van der Waals surface area (Å²) in [4.78, 5) is 16.2. The van der Waals surface area contributed by atoms with Crippen LogP contribution in [0.5, 0.6) is 0 Å². The van der Waals surface area contributed by atoms with Gasteiger partial charge in [0.1, 0.15) is 0 Å². The Balaban J connectivity index is 1.43. The van der Waals surface area contributed by atoms with Crippen molar-refractivity contribution in [2.75, 3.05) is 13.7 Å². The molecule has 0 spiro atoms. The van der Waals surface area contributed by atoms with Crippen molar-refractivity contribution in [2.24, 2.45) is 10.9 Å². The molecule has 1 aromatic rings. The van der Waals surface area contributed by atoms with Gasteiger partial charge in [-0.05, 0) is 44.6 Å². The number of carbonyl (C=O) groups is 1. The predicted octanol–water partition coefficient (Wildman–Crippen LogP) is 2.83. The zero-order valence-corrected chi connectivity index (χ0v) is 15.2. The van der Waals surface area contributed by atoms with E-state index in [1.807, 2.05) is 14.0 Å². The molecule has 25 heavy (non-hydrogen) atoms. The van der Waals surface area contributed by atoms with Gasteiger partial charge in [-0.2, -0.15) is 0 Å². The Morgan fingerprint density at radius 1 is 1.16 bits per heavy atom. The van der Waals surface area contributed by atoms with Crippen LogP contribution in [0.3, 0.4) is 0 Å². The summed E-state index contributed by atoms with van der Waals surface area (Å²) in [7, 11) is 1.82. The largest absolute Gasteiger partial charge is 0.466 e. The van der Waals surface area contributed by atoms with Crippen molar-refractivity contribution in [1.82, 2.24) is 10.6 Å². The fourth-order valence-corrected chi connectivity index (χ4v) is 3.70. The van der Waals surface area contributed by atoms with Gasteiger partial charge in [0.05, 0.1) is 12.5 Å². The molecule has 2 saturated carbocycles. The zero-order chi connectivity index (χ0) is 17.6. The third-order valence-corrected chi connectivity index (χ3v) is 5.25. The van der Waals surface area contributed by atoms with Crippen LogP contribution in [-0.4, -0.2) is 37.7 Å². The molecule has 136 valence electrons. The second-order valence-electron chi connectivity index (χ2n) is 7.02. The van der Waals surface area contributed by atoms with E-state index in [1.165, 1.54) is 5.56 Å². The lowest BCUT2D eigenvalue weighted by Crippen LogP contribution is -2.46. The molecule has 2 aliphatic carbocycles. The summed E-state index contributed by atoms with van der Waals surface area (Å²) in [6, 6.07) is 11.5. The lowest BCUT2D eigenvalue weighted by Gasteiger charge is -2.29. The molecule has 5 nitrogen and oxygen atoms in total. The first-order valence-corrected chi connectivity index (χ1v) is 9.42. The second-order valence-corrected chi connectivity index (χ2v) is 7.02. The molecule has 0 saturated heterocycles. The van der Waals surface area contributed by atoms with Gasteiger partial charge in [-0.25, -0.2) is 0 Å². The molecule has 0 amide bonds. The smallest absolute Gasteiger partial charge is 0.308 e. The fraction of sp³-hybridized carbons (Fsp3) is 0.600. The average Bonchev–Trinajstić information content (AvgIpc) is 3.42. The SMILES string of the molecule is CCOC(=O)C1CCC(NC(=NC)NC2CC2c2ccccc2)CC1. The number of hydrogen-bond donors (Lipinski definition) is 2. The topological polar surface area (TPSA) is 62.7 Å². The van der Waals surface area contributed by atoms with Gasteiger partial charge in [0.25, 0.3) is 0 Å². The Morgan fingerprint density at radius 3 is 2.52 bits per heavy atom. The summed E-state index contributed by atoms with van der Waals surface area (Å²) >= 11 is 0. The maximum absolute atomic E-state index is 11.8. The monoisotopic (exact) mass is 343 g/mol. The molecule has 2 N–H and O–H groups in total. The second kappa shape index (κ2) is 8.37. The lowest BCUT2D eigenvalue weighted by molar-refractivity contribution is -0.149. The molecule has 2 atom stereocenters. The molecule has 2 aliphatic rings. The first-order chi connectivity index (χ1) is 12.2. The van der Waals surface area contributed by atoms with E-state index in [-0.39, 0.29) is 11.9 Å². The molecule has 0 aromatic heterocycles. The van der Waals surface area contributed by atoms with Gasteiger partial charge in [-0.1, -0.05) is 30.3 Å². The van der Waals surface area contributed by atoms with Crippen LogP contribution in [0.2, 0.25) is 0 Å². The van der Waals surface area contributed by atoms with Gasteiger partial charge >= 0.3 is 5.97 Å². The van der Waals surface area contributed by atoms with Crippen molar-refractivity contribution in [3.05, 3.63) is 35.9 Å². The predicted molar refractivity (Wildman–Crippen MR) is 99.6 cm³/mol. The molecule has 1 aromatic carbocycles. The molecule has 0 radical (unpaired) electrons. The average molecular weight is 343 g/mol. The summed E-state index contributed by atoms with van der Waals surface area (Å²) in [5.41, 5.74) is 1.39. The van der Waals surface area contributed by atoms with E-state index < -0.39 is 0 Å². The summed E-state index contributed by atoms with van der Waals surface area (Å²) in [5.74, 6) is 1.49. The highest BCUT2D eigenvalue weighted by Crippen LogP contribution is 2.40. The molecule has 0 heterocycles. The highest BCUT2D eigenvalue weighted by Gasteiger charge is 2.39. The van der Waals surface area contributed by atoms with Crippen molar-refractivity contribution in [3.8, 4) is 0 Å². The number of nitrogens with zero attached hydrogens (tertiary/aromatic N) is 1. The van der Waals surface area contributed by atoms with Crippen LogP contribution < -0.4 is 10.6 Å². The number of nitrogens with one attached hydrogen (secondary N) is 2. The van der Waals surface area contributed by atoms with Gasteiger partial charge in [-0.3, -0.25) is 9.79 Å². The van der Waals surface area contributed by atoms with Crippen molar-refractivity contribution in [2.45, 2.75) is 57.0 Å². The van der Waals surface area contributed by atoms with E-state index in [9.17, 15) is 4.79 Å². The summed E-state index contributed by atoms with van der Waals surface area (Å²) in [6.45, 7) is 2.33. The molecule has 5 heteroatoms. The normalized spacial score (nSPS) is 29.0. The van der Waals surface area contributed by atoms with Crippen molar-refractivity contribution in [3.63, 3.8) is 0 Å². The quantitative estimate of drug-likeness (QED) is 0.490. The maximum atomic E-state index is 11.8. The lowest BCUT2D eigenvalue weighted by atomic mass is 9.86. The summed E-state index contributed by atoms with van der Waals surface area (Å²) in [6.07, 6.45) is 4.90. The first-order valence-electron chi connectivity index (χ1n) is 9.42. The van der Waals surface area contributed by atoms with E-state index in [0.717, 1.165) is 38.1 Å². The maximum Gasteiger partial charge on any atom is 0.308 e. The van der Waals surface area contributed by atoms with Gasteiger partial charge in [0.15, 0.2) is 5.96 Å². The number of hydrogen-bond acceptors (Lipinski definition) is 3. The third kappa shape index (κ3) is 4.74. The van der Waals surface area contributed by atoms with E-state index >= 15 is 0 Å². The third-order valence-electron chi connectivity index (χ3n) is 5.25. The van der Waals surface area contributed by atoms with Crippen LogP contribution in [0.1, 0.15) is 50.5 Å². The molecule has 0 aliphatic heterocycles. The zero-order valence-electron chi connectivity index (χ0n) is 15.2. The highest BCUT2D eigenvalue weighted by molar-refractivity contribution is 5.81. The number of benzene rings is 1.